The van der Waals surface area contributed by atoms with Crippen LogP contribution in [-0.2, 0) is 19.1 Å². The minimum absolute atomic E-state index is 0.0210. The second kappa shape index (κ2) is 5.44. The molecule has 5 heterocycles. The first-order chi connectivity index (χ1) is 13.9. The largest absolute Gasteiger partial charge is 0.481 e. The molecule has 3 saturated heterocycles. The number of hydrogen-bond donors (Lipinski definition) is 1. The average Bonchev–Trinajstić information content (AvgIpc) is 3.43. The Labute approximate surface area is 165 Å². The van der Waals surface area contributed by atoms with Gasteiger partial charge in [0.05, 0.1) is 24.1 Å². The molecule has 8 heteroatoms. The molecule has 150 valence electrons. The van der Waals surface area contributed by atoms with E-state index in [2.05, 4.69) is 0 Å². The van der Waals surface area contributed by atoms with Crippen molar-refractivity contribution in [1.29, 1.82) is 0 Å². The Balaban J connectivity index is 1.52. The highest BCUT2D eigenvalue weighted by molar-refractivity contribution is 6.04. The first-order valence-electron chi connectivity index (χ1n) is 9.94. The SMILES string of the molecule is O=C(O)[C@H]1[C@@H]2C=C[C@]3(O2)[C@@H]2C[C@H](N4CCCC4=O)c4cc(F)ccc4N2C(=O)[C@@H]13. The van der Waals surface area contributed by atoms with Crippen LogP contribution in [0, 0.1) is 17.7 Å². The molecule has 5 aliphatic heterocycles. The number of rotatable bonds is 2. The number of carbonyl (C=O) groups is 3. The summed E-state index contributed by atoms with van der Waals surface area (Å²) in [6, 6.07) is 3.46. The second-order valence-electron chi connectivity index (χ2n) is 8.51. The molecule has 6 atom stereocenters. The number of amides is 2. The molecule has 0 unspecified atom stereocenters. The lowest BCUT2D eigenvalue weighted by Gasteiger charge is -2.43. The van der Waals surface area contributed by atoms with Crippen molar-refractivity contribution in [2.24, 2.45) is 11.8 Å². The number of carbonyl (C=O) groups excluding carboxylic acids is 2. The van der Waals surface area contributed by atoms with Gasteiger partial charge in [0.2, 0.25) is 11.8 Å². The quantitative estimate of drug-likeness (QED) is 0.766. The first kappa shape index (κ1) is 17.1. The molecule has 1 N–H and O–H groups in total. The summed E-state index contributed by atoms with van der Waals surface area (Å²) in [5.41, 5.74) is 0.134. The van der Waals surface area contributed by atoms with Crippen molar-refractivity contribution < 1.29 is 28.6 Å². The number of carboxylic acids is 1. The summed E-state index contributed by atoms with van der Waals surface area (Å²) in [7, 11) is 0. The van der Waals surface area contributed by atoms with Gasteiger partial charge in [-0.25, -0.2) is 4.39 Å². The van der Waals surface area contributed by atoms with E-state index >= 15 is 0 Å². The van der Waals surface area contributed by atoms with E-state index in [0.717, 1.165) is 6.42 Å². The maximum atomic E-state index is 14.1. The summed E-state index contributed by atoms with van der Waals surface area (Å²) in [5.74, 6) is -3.50. The highest BCUT2D eigenvalue weighted by atomic mass is 19.1. The van der Waals surface area contributed by atoms with Crippen LogP contribution < -0.4 is 4.90 Å². The predicted octanol–water partition coefficient (Wildman–Crippen LogP) is 1.63. The van der Waals surface area contributed by atoms with Gasteiger partial charge < -0.3 is 19.6 Å². The Hall–Kier alpha value is -2.74. The molecule has 0 aromatic heterocycles. The van der Waals surface area contributed by atoms with Gasteiger partial charge in [-0.15, -0.1) is 0 Å². The monoisotopic (exact) mass is 398 g/mol. The topological polar surface area (TPSA) is 87.2 Å². The zero-order chi connectivity index (χ0) is 20.1. The number of likely N-dealkylation sites (tertiary alicyclic amines) is 1. The number of halogens is 1. The highest BCUT2D eigenvalue weighted by Gasteiger charge is 2.72. The zero-order valence-corrected chi connectivity index (χ0v) is 15.5. The fourth-order valence-corrected chi connectivity index (χ4v) is 6.15. The Bertz CT molecular complexity index is 1010. The van der Waals surface area contributed by atoms with E-state index in [9.17, 15) is 23.9 Å². The molecule has 5 aliphatic rings. The van der Waals surface area contributed by atoms with Crippen molar-refractivity contribution in [3.63, 3.8) is 0 Å². The second-order valence-corrected chi connectivity index (χ2v) is 8.51. The third-order valence-corrected chi connectivity index (χ3v) is 7.25. The molecule has 7 nitrogen and oxygen atoms in total. The van der Waals surface area contributed by atoms with Gasteiger partial charge >= 0.3 is 5.97 Å². The Morgan fingerprint density at radius 2 is 2.14 bits per heavy atom. The number of benzene rings is 1. The van der Waals surface area contributed by atoms with Gasteiger partial charge in [-0.1, -0.05) is 12.2 Å². The summed E-state index contributed by atoms with van der Waals surface area (Å²) < 4.78 is 20.3. The van der Waals surface area contributed by atoms with E-state index in [-0.39, 0.29) is 17.9 Å². The van der Waals surface area contributed by atoms with Gasteiger partial charge in [-0.2, -0.15) is 0 Å². The summed E-state index contributed by atoms with van der Waals surface area (Å²) in [4.78, 5) is 41.2. The highest BCUT2D eigenvalue weighted by Crippen LogP contribution is 2.60. The lowest BCUT2D eigenvalue weighted by atomic mass is 9.73. The van der Waals surface area contributed by atoms with Crippen LogP contribution in [0.3, 0.4) is 0 Å². The van der Waals surface area contributed by atoms with E-state index in [1.54, 1.807) is 21.9 Å². The predicted molar refractivity (Wildman–Crippen MR) is 97.3 cm³/mol. The fourth-order valence-electron chi connectivity index (χ4n) is 6.15. The van der Waals surface area contributed by atoms with Crippen molar-refractivity contribution in [3.8, 4) is 0 Å². The summed E-state index contributed by atoms with van der Waals surface area (Å²) in [6.07, 6.45) is 4.56. The van der Waals surface area contributed by atoms with Gasteiger partial charge in [-0.05, 0) is 31.0 Å². The molecule has 1 aromatic carbocycles. The molecule has 2 bridgehead atoms. The number of nitrogens with zero attached hydrogens (tertiary/aromatic N) is 2. The van der Waals surface area contributed by atoms with E-state index < -0.39 is 41.4 Å². The van der Waals surface area contributed by atoms with E-state index in [4.69, 9.17) is 4.74 Å². The van der Waals surface area contributed by atoms with Crippen LogP contribution in [0.1, 0.15) is 30.9 Å². The van der Waals surface area contributed by atoms with Crippen molar-refractivity contribution in [3.05, 3.63) is 41.7 Å². The minimum Gasteiger partial charge on any atom is -0.481 e. The summed E-state index contributed by atoms with van der Waals surface area (Å²) >= 11 is 0. The maximum Gasteiger partial charge on any atom is 0.310 e. The molecule has 1 spiro atoms. The van der Waals surface area contributed by atoms with Crippen molar-refractivity contribution in [2.45, 2.75) is 43.1 Å². The number of ether oxygens (including phenoxy) is 1. The van der Waals surface area contributed by atoms with E-state index in [0.29, 0.717) is 30.6 Å². The molecule has 3 fully saturated rings. The molecule has 0 radical (unpaired) electrons. The average molecular weight is 398 g/mol. The van der Waals surface area contributed by atoms with Crippen LogP contribution in [0.2, 0.25) is 0 Å². The third kappa shape index (κ3) is 1.97. The Morgan fingerprint density at radius 3 is 2.86 bits per heavy atom. The number of aliphatic carboxylic acids is 1. The lowest BCUT2D eigenvalue weighted by molar-refractivity contribution is -0.146. The van der Waals surface area contributed by atoms with Crippen LogP contribution in [0.25, 0.3) is 0 Å². The Kier molecular flexibility index (Phi) is 3.22. The number of anilines is 1. The smallest absolute Gasteiger partial charge is 0.310 e. The first-order valence-corrected chi connectivity index (χ1v) is 9.94. The lowest BCUT2D eigenvalue weighted by Crippen LogP contribution is -2.50. The normalized spacial score (nSPS) is 39.1. The van der Waals surface area contributed by atoms with Gasteiger partial charge in [-0.3, -0.25) is 14.4 Å². The van der Waals surface area contributed by atoms with Crippen molar-refractivity contribution >= 4 is 23.5 Å². The molecule has 6 rings (SSSR count). The zero-order valence-electron chi connectivity index (χ0n) is 15.5. The number of hydrogen-bond acceptors (Lipinski definition) is 4. The van der Waals surface area contributed by atoms with Crippen LogP contribution in [0.15, 0.2) is 30.4 Å². The van der Waals surface area contributed by atoms with Crippen LogP contribution in [-0.4, -0.2) is 52.1 Å². The van der Waals surface area contributed by atoms with Crippen molar-refractivity contribution in [2.75, 3.05) is 11.4 Å². The molecule has 2 amide bonds. The third-order valence-electron chi connectivity index (χ3n) is 7.25. The number of carboxylic acid groups (broad SMARTS) is 1. The molecule has 1 aromatic rings. The molecule has 29 heavy (non-hydrogen) atoms. The van der Waals surface area contributed by atoms with Crippen LogP contribution in [0.5, 0.6) is 0 Å². The molecular formula is C21H19FN2O5. The van der Waals surface area contributed by atoms with Crippen LogP contribution >= 0.6 is 0 Å². The fraction of sp³-hybridized carbons (Fsp3) is 0.476. The summed E-state index contributed by atoms with van der Waals surface area (Å²) in [6.45, 7) is 0.591. The standard InChI is InChI=1S/C21H19FN2O5/c22-10-3-4-12-11(8-10)13(23-7-1-2-16(23)25)9-15-21-6-5-14(29-21)17(20(27)28)18(21)19(26)24(12)15/h3-6,8,13-15,17-18H,1-2,7,9H2,(H,27,28)/t13-,14-,15-,17-,18+,21-/m0/s1. The molecule has 0 aliphatic carbocycles. The Morgan fingerprint density at radius 1 is 1.31 bits per heavy atom. The van der Waals surface area contributed by atoms with Crippen LogP contribution in [0.4, 0.5) is 10.1 Å². The van der Waals surface area contributed by atoms with Gasteiger partial charge in [0.25, 0.3) is 0 Å². The number of fused-ring (bicyclic) bond motifs is 4. The van der Waals surface area contributed by atoms with E-state index in [1.165, 1.54) is 12.1 Å². The molecule has 0 saturated carbocycles. The van der Waals surface area contributed by atoms with Gasteiger partial charge in [0.1, 0.15) is 17.3 Å². The van der Waals surface area contributed by atoms with Gasteiger partial charge in [0.15, 0.2) is 0 Å². The maximum absolute atomic E-state index is 14.1. The minimum atomic E-state index is -1.05. The summed E-state index contributed by atoms with van der Waals surface area (Å²) in [5, 5.41) is 9.73. The molecular weight excluding hydrogens is 379 g/mol. The van der Waals surface area contributed by atoms with Crippen molar-refractivity contribution in [1.82, 2.24) is 4.90 Å². The van der Waals surface area contributed by atoms with Gasteiger partial charge in [0, 0.05) is 24.2 Å². The van der Waals surface area contributed by atoms with E-state index in [1.807, 2.05) is 6.08 Å².